The van der Waals surface area contributed by atoms with Crippen LogP contribution in [0.15, 0.2) is 28.7 Å². The van der Waals surface area contributed by atoms with Crippen molar-refractivity contribution < 1.29 is 14.0 Å². The average Bonchev–Trinajstić information content (AvgIpc) is 2.80. The number of oxazole rings is 1. The van der Waals surface area contributed by atoms with E-state index in [9.17, 15) is 4.79 Å². The van der Waals surface area contributed by atoms with Gasteiger partial charge >= 0.3 is 0 Å². The van der Waals surface area contributed by atoms with Gasteiger partial charge in [0.25, 0.3) is 0 Å². The number of nitrogens with zero attached hydrogens (tertiary/aromatic N) is 1. The molecule has 2 rings (SSSR count). The minimum atomic E-state index is -0.253. The van der Waals surface area contributed by atoms with Crippen molar-refractivity contribution in [1.29, 1.82) is 0 Å². The lowest BCUT2D eigenvalue weighted by Crippen LogP contribution is -2.24. The Labute approximate surface area is 117 Å². The van der Waals surface area contributed by atoms with Crippen molar-refractivity contribution in [2.24, 2.45) is 0 Å². The highest BCUT2D eigenvalue weighted by Gasteiger charge is 2.14. The van der Waals surface area contributed by atoms with Crippen molar-refractivity contribution in [2.75, 3.05) is 7.11 Å². The second-order valence-corrected chi connectivity index (χ2v) is 4.48. The minimum absolute atomic E-state index is 0.135. The average molecular weight is 274 g/mol. The Morgan fingerprint density at radius 2 is 2.05 bits per heavy atom. The molecule has 0 saturated carbocycles. The maximum Gasteiger partial charge on any atom is 0.249 e. The molecule has 0 saturated heterocycles. The maximum absolute atomic E-state index is 11.5. The van der Waals surface area contributed by atoms with Crippen LogP contribution in [-0.4, -0.2) is 18.0 Å². The van der Waals surface area contributed by atoms with E-state index < -0.39 is 0 Å². The summed E-state index contributed by atoms with van der Waals surface area (Å²) >= 11 is 0. The van der Waals surface area contributed by atoms with Gasteiger partial charge in [-0.05, 0) is 31.0 Å². The SMILES string of the molecule is CCc1ccc(-c2nc(CC(=O)NOC)c(C)o2)cc1. The monoisotopic (exact) mass is 274 g/mol. The molecule has 1 aromatic carbocycles. The number of nitrogens with one attached hydrogen (secondary N) is 1. The number of carbonyl (C=O) groups excluding carboxylic acids is 1. The van der Waals surface area contributed by atoms with Crippen LogP contribution in [0.3, 0.4) is 0 Å². The van der Waals surface area contributed by atoms with Gasteiger partial charge in [-0.15, -0.1) is 0 Å². The second-order valence-electron chi connectivity index (χ2n) is 4.48. The summed E-state index contributed by atoms with van der Waals surface area (Å²) < 4.78 is 5.62. The largest absolute Gasteiger partial charge is 0.441 e. The van der Waals surface area contributed by atoms with Crippen LogP contribution in [0.4, 0.5) is 0 Å². The Bertz CT molecular complexity index is 588. The number of aryl methyl sites for hydroxylation is 2. The van der Waals surface area contributed by atoms with Gasteiger partial charge in [-0.3, -0.25) is 9.63 Å². The Morgan fingerprint density at radius 3 is 2.65 bits per heavy atom. The minimum Gasteiger partial charge on any atom is -0.441 e. The lowest BCUT2D eigenvalue weighted by atomic mass is 10.1. The molecule has 5 heteroatoms. The van der Waals surface area contributed by atoms with Gasteiger partial charge in [0.1, 0.15) is 5.76 Å². The number of hydrogen-bond acceptors (Lipinski definition) is 4. The van der Waals surface area contributed by atoms with Crippen LogP contribution in [0, 0.1) is 6.92 Å². The molecule has 20 heavy (non-hydrogen) atoms. The lowest BCUT2D eigenvalue weighted by molar-refractivity contribution is -0.130. The highest BCUT2D eigenvalue weighted by atomic mass is 16.6. The van der Waals surface area contributed by atoms with E-state index in [1.165, 1.54) is 12.7 Å². The number of aromatic nitrogens is 1. The van der Waals surface area contributed by atoms with E-state index >= 15 is 0 Å². The molecule has 0 bridgehead atoms. The third kappa shape index (κ3) is 3.24. The summed E-state index contributed by atoms with van der Waals surface area (Å²) in [6, 6.07) is 8.05. The van der Waals surface area contributed by atoms with Crippen LogP contribution in [0.5, 0.6) is 0 Å². The van der Waals surface area contributed by atoms with E-state index in [-0.39, 0.29) is 12.3 Å². The quantitative estimate of drug-likeness (QED) is 0.850. The van der Waals surface area contributed by atoms with Gasteiger partial charge in [-0.1, -0.05) is 19.1 Å². The highest BCUT2D eigenvalue weighted by Crippen LogP contribution is 2.22. The maximum atomic E-state index is 11.5. The first-order valence-corrected chi connectivity index (χ1v) is 6.51. The normalized spacial score (nSPS) is 10.6. The number of hydrogen-bond donors (Lipinski definition) is 1. The molecule has 0 atom stereocenters. The van der Waals surface area contributed by atoms with Crippen LogP contribution >= 0.6 is 0 Å². The van der Waals surface area contributed by atoms with Gasteiger partial charge in [-0.25, -0.2) is 10.5 Å². The van der Waals surface area contributed by atoms with Crippen LogP contribution in [-0.2, 0) is 22.5 Å². The number of carbonyl (C=O) groups is 1. The molecule has 106 valence electrons. The molecule has 2 aromatic rings. The molecule has 1 aromatic heterocycles. The summed E-state index contributed by atoms with van der Waals surface area (Å²) in [6.45, 7) is 3.91. The third-order valence-electron chi connectivity index (χ3n) is 3.05. The fourth-order valence-electron chi connectivity index (χ4n) is 1.90. The lowest BCUT2D eigenvalue weighted by Gasteiger charge is -1.99. The molecule has 1 amide bonds. The molecular weight excluding hydrogens is 256 g/mol. The van der Waals surface area contributed by atoms with Crippen LogP contribution in [0.2, 0.25) is 0 Å². The van der Waals surface area contributed by atoms with E-state index in [1.807, 2.05) is 24.3 Å². The first-order chi connectivity index (χ1) is 9.63. The molecule has 0 radical (unpaired) electrons. The topological polar surface area (TPSA) is 64.4 Å². The molecule has 0 unspecified atom stereocenters. The van der Waals surface area contributed by atoms with Crippen molar-refractivity contribution >= 4 is 5.91 Å². The van der Waals surface area contributed by atoms with E-state index in [0.29, 0.717) is 17.3 Å². The summed E-state index contributed by atoms with van der Waals surface area (Å²) in [5.74, 6) is 0.924. The van der Waals surface area contributed by atoms with Gasteiger partial charge in [0.15, 0.2) is 0 Å². The fraction of sp³-hybridized carbons (Fsp3) is 0.333. The van der Waals surface area contributed by atoms with E-state index in [0.717, 1.165) is 12.0 Å². The molecule has 0 fully saturated rings. The molecule has 0 aliphatic carbocycles. The summed E-state index contributed by atoms with van der Waals surface area (Å²) in [5.41, 5.74) is 5.05. The Kier molecular flexibility index (Phi) is 4.53. The molecule has 0 spiro atoms. The van der Waals surface area contributed by atoms with Gasteiger partial charge in [0.05, 0.1) is 19.2 Å². The number of hydroxylamine groups is 1. The zero-order chi connectivity index (χ0) is 14.5. The molecule has 1 heterocycles. The Morgan fingerprint density at radius 1 is 1.35 bits per heavy atom. The van der Waals surface area contributed by atoms with Crippen LogP contribution in [0.1, 0.15) is 23.9 Å². The van der Waals surface area contributed by atoms with Crippen LogP contribution < -0.4 is 5.48 Å². The standard InChI is InChI=1S/C15H18N2O3/c1-4-11-5-7-12(8-6-11)15-16-13(10(2)20-15)9-14(18)17-19-3/h5-8H,4,9H2,1-3H3,(H,17,18). The fourth-order valence-corrected chi connectivity index (χ4v) is 1.90. The highest BCUT2D eigenvalue weighted by molar-refractivity contribution is 5.77. The van der Waals surface area contributed by atoms with Gasteiger partial charge < -0.3 is 4.42 Å². The smallest absolute Gasteiger partial charge is 0.249 e. The van der Waals surface area contributed by atoms with E-state index in [2.05, 4.69) is 22.2 Å². The summed E-state index contributed by atoms with van der Waals surface area (Å²) in [6.07, 6.45) is 1.13. The summed E-state index contributed by atoms with van der Waals surface area (Å²) in [4.78, 5) is 20.4. The molecule has 5 nitrogen and oxygen atoms in total. The van der Waals surface area contributed by atoms with Gasteiger partial charge in [-0.2, -0.15) is 0 Å². The predicted octanol–water partition coefficient (Wildman–Crippen LogP) is 2.43. The zero-order valence-corrected chi connectivity index (χ0v) is 11.9. The van der Waals surface area contributed by atoms with Crippen molar-refractivity contribution in [1.82, 2.24) is 10.5 Å². The van der Waals surface area contributed by atoms with Gasteiger partial charge in [0.2, 0.25) is 11.8 Å². The van der Waals surface area contributed by atoms with Crippen molar-refractivity contribution in [3.8, 4) is 11.5 Å². The Balaban J connectivity index is 2.19. The molecule has 0 aliphatic heterocycles. The number of amides is 1. The first kappa shape index (κ1) is 14.3. The van der Waals surface area contributed by atoms with Crippen molar-refractivity contribution in [3.63, 3.8) is 0 Å². The van der Waals surface area contributed by atoms with Crippen molar-refractivity contribution in [3.05, 3.63) is 41.3 Å². The van der Waals surface area contributed by atoms with E-state index in [4.69, 9.17) is 4.42 Å². The molecule has 1 N–H and O–H groups in total. The third-order valence-corrected chi connectivity index (χ3v) is 3.05. The van der Waals surface area contributed by atoms with E-state index in [1.54, 1.807) is 6.92 Å². The van der Waals surface area contributed by atoms with Gasteiger partial charge in [0, 0.05) is 5.56 Å². The molecular formula is C15H18N2O3. The number of benzene rings is 1. The van der Waals surface area contributed by atoms with Crippen LogP contribution in [0.25, 0.3) is 11.5 Å². The first-order valence-electron chi connectivity index (χ1n) is 6.51. The molecule has 0 aliphatic rings. The zero-order valence-electron chi connectivity index (χ0n) is 11.9. The second kappa shape index (κ2) is 6.34. The summed E-state index contributed by atoms with van der Waals surface area (Å²) in [5, 5.41) is 0. The Hall–Kier alpha value is -2.14. The summed E-state index contributed by atoms with van der Waals surface area (Å²) in [7, 11) is 1.40. The van der Waals surface area contributed by atoms with Crippen molar-refractivity contribution in [2.45, 2.75) is 26.7 Å². The predicted molar refractivity (Wildman–Crippen MR) is 74.9 cm³/mol. The number of rotatable bonds is 5.